The molecular formula is C17H26N4O2. The van der Waals surface area contributed by atoms with Gasteiger partial charge < -0.3 is 14.9 Å². The maximum atomic E-state index is 12.8. The standard InChI is InChI=1S/C17H26N4O2/c1-13(22)11-15-3-2-8-21(15)17(23)14-4-9-20(10-5-14)16-12-18-6-7-19-16/h6-7,12-15,22H,2-5,8-11H2,1H3. The van der Waals surface area contributed by atoms with E-state index in [1.54, 1.807) is 25.5 Å². The van der Waals surface area contributed by atoms with Crippen molar-refractivity contribution in [2.45, 2.75) is 51.2 Å². The number of hydrogen-bond donors (Lipinski definition) is 1. The van der Waals surface area contributed by atoms with Crippen molar-refractivity contribution in [1.29, 1.82) is 0 Å². The summed E-state index contributed by atoms with van der Waals surface area (Å²) < 4.78 is 0. The first-order chi connectivity index (χ1) is 11.1. The van der Waals surface area contributed by atoms with Crippen LogP contribution in [0.15, 0.2) is 18.6 Å². The minimum absolute atomic E-state index is 0.109. The zero-order valence-electron chi connectivity index (χ0n) is 13.8. The Labute approximate surface area is 137 Å². The zero-order valence-corrected chi connectivity index (χ0v) is 13.8. The van der Waals surface area contributed by atoms with Crippen LogP contribution in [-0.4, -0.2) is 57.7 Å². The second-order valence-electron chi connectivity index (χ2n) is 6.74. The van der Waals surface area contributed by atoms with Crippen molar-refractivity contribution in [3.8, 4) is 0 Å². The fraction of sp³-hybridized carbons (Fsp3) is 0.706. The first-order valence-electron chi connectivity index (χ1n) is 8.64. The molecule has 126 valence electrons. The van der Waals surface area contributed by atoms with Crippen LogP contribution in [-0.2, 0) is 4.79 Å². The van der Waals surface area contributed by atoms with Crippen LogP contribution >= 0.6 is 0 Å². The number of aromatic nitrogens is 2. The lowest BCUT2D eigenvalue weighted by Crippen LogP contribution is -2.45. The molecule has 2 fully saturated rings. The van der Waals surface area contributed by atoms with Crippen LogP contribution in [0.5, 0.6) is 0 Å². The Morgan fingerprint density at radius 3 is 2.74 bits per heavy atom. The summed E-state index contributed by atoms with van der Waals surface area (Å²) in [4.78, 5) is 25.5. The predicted molar refractivity (Wildman–Crippen MR) is 88.0 cm³/mol. The van der Waals surface area contributed by atoms with Crippen molar-refractivity contribution in [1.82, 2.24) is 14.9 Å². The molecule has 6 heteroatoms. The SMILES string of the molecule is CC(O)CC1CCCN1C(=O)C1CCN(c2cnccn2)CC1. The predicted octanol–water partition coefficient (Wildman–Crippen LogP) is 1.45. The van der Waals surface area contributed by atoms with E-state index in [-0.39, 0.29) is 24.0 Å². The Hall–Kier alpha value is -1.69. The van der Waals surface area contributed by atoms with Gasteiger partial charge in [-0.25, -0.2) is 4.98 Å². The molecule has 2 aliphatic rings. The van der Waals surface area contributed by atoms with Gasteiger partial charge in [0, 0.05) is 44.0 Å². The van der Waals surface area contributed by atoms with Crippen molar-refractivity contribution < 1.29 is 9.90 Å². The third-order valence-electron chi connectivity index (χ3n) is 4.99. The van der Waals surface area contributed by atoms with Crippen LogP contribution in [0, 0.1) is 5.92 Å². The van der Waals surface area contributed by atoms with Gasteiger partial charge in [0.15, 0.2) is 0 Å². The van der Waals surface area contributed by atoms with Gasteiger partial charge in [0.2, 0.25) is 5.91 Å². The fourth-order valence-electron chi connectivity index (χ4n) is 3.81. The Balaban J connectivity index is 1.56. The van der Waals surface area contributed by atoms with Gasteiger partial charge in [0.25, 0.3) is 0 Å². The van der Waals surface area contributed by atoms with Crippen molar-refractivity contribution in [2.75, 3.05) is 24.5 Å². The lowest BCUT2D eigenvalue weighted by atomic mass is 9.94. The van der Waals surface area contributed by atoms with E-state index < -0.39 is 0 Å². The molecule has 0 radical (unpaired) electrons. The molecule has 0 aliphatic carbocycles. The largest absolute Gasteiger partial charge is 0.393 e. The highest BCUT2D eigenvalue weighted by atomic mass is 16.3. The van der Waals surface area contributed by atoms with E-state index in [0.717, 1.165) is 51.1 Å². The number of hydrogen-bond acceptors (Lipinski definition) is 5. The molecule has 2 saturated heterocycles. The van der Waals surface area contributed by atoms with Crippen LogP contribution in [0.1, 0.15) is 39.0 Å². The van der Waals surface area contributed by atoms with E-state index >= 15 is 0 Å². The summed E-state index contributed by atoms with van der Waals surface area (Å²) in [6.07, 6.45) is 9.34. The third-order valence-corrected chi connectivity index (χ3v) is 4.99. The Bertz CT molecular complexity index is 515. The summed E-state index contributed by atoms with van der Waals surface area (Å²) in [7, 11) is 0. The first-order valence-corrected chi connectivity index (χ1v) is 8.64. The molecule has 3 rings (SSSR count). The van der Waals surface area contributed by atoms with Gasteiger partial charge in [-0.1, -0.05) is 0 Å². The number of anilines is 1. The highest BCUT2D eigenvalue weighted by Gasteiger charge is 2.35. The minimum Gasteiger partial charge on any atom is -0.393 e. The quantitative estimate of drug-likeness (QED) is 0.910. The molecule has 0 aromatic carbocycles. The molecule has 6 nitrogen and oxygen atoms in total. The number of nitrogens with zero attached hydrogens (tertiary/aromatic N) is 4. The summed E-state index contributed by atoms with van der Waals surface area (Å²) >= 11 is 0. The molecule has 2 atom stereocenters. The van der Waals surface area contributed by atoms with E-state index in [1.807, 2.05) is 4.90 Å². The number of piperidine rings is 1. The number of aliphatic hydroxyl groups is 1. The Morgan fingerprint density at radius 1 is 1.30 bits per heavy atom. The number of rotatable bonds is 4. The molecular weight excluding hydrogens is 292 g/mol. The van der Waals surface area contributed by atoms with E-state index in [2.05, 4.69) is 14.9 Å². The number of likely N-dealkylation sites (tertiary alicyclic amines) is 1. The molecule has 2 aliphatic heterocycles. The maximum absolute atomic E-state index is 12.8. The fourth-order valence-corrected chi connectivity index (χ4v) is 3.81. The molecule has 0 bridgehead atoms. The molecule has 1 aromatic heterocycles. The summed E-state index contributed by atoms with van der Waals surface area (Å²) in [5.74, 6) is 1.29. The molecule has 0 saturated carbocycles. The van der Waals surface area contributed by atoms with Crippen molar-refractivity contribution in [3.63, 3.8) is 0 Å². The lowest BCUT2D eigenvalue weighted by molar-refractivity contribution is -0.137. The molecule has 1 N–H and O–H groups in total. The summed E-state index contributed by atoms with van der Waals surface area (Å²) in [6.45, 7) is 4.36. The highest BCUT2D eigenvalue weighted by Crippen LogP contribution is 2.28. The van der Waals surface area contributed by atoms with Crippen molar-refractivity contribution in [3.05, 3.63) is 18.6 Å². The lowest BCUT2D eigenvalue weighted by Gasteiger charge is -2.35. The van der Waals surface area contributed by atoms with E-state index in [0.29, 0.717) is 6.42 Å². The van der Waals surface area contributed by atoms with Crippen LogP contribution in [0.4, 0.5) is 5.82 Å². The molecule has 2 unspecified atom stereocenters. The van der Waals surface area contributed by atoms with Gasteiger partial charge in [0.1, 0.15) is 5.82 Å². The van der Waals surface area contributed by atoms with Gasteiger partial charge in [-0.2, -0.15) is 0 Å². The normalized spacial score (nSPS) is 24.0. The Morgan fingerprint density at radius 2 is 2.09 bits per heavy atom. The van der Waals surface area contributed by atoms with Crippen LogP contribution in [0.3, 0.4) is 0 Å². The zero-order chi connectivity index (χ0) is 16.2. The summed E-state index contributed by atoms with van der Waals surface area (Å²) in [5.41, 5.74) is 0. The molecule has 23 heavy (non-hydrogen) atoms. The third kappa shape index (κ3) is 3.80. The molecule has 1 aromatic rings. The van der Waals surface area contributed by atoms with Crippen LogP contribution < -0.4 is 4.90 Å². The molecule has 0 spiro atoms. The van der Waals surface area contributed by atoms with Gasteiger partial charge in [-0.15, -0.1) is 0 Å². The van der Waals surface area contributed by atoms with Gasteiger partial charge in [-0.05, 0) is 39.0 Å². The second kappa shape index (κ2) is 7.25. The Kier molecular flexibility index (Phi) is 5.10. The average molecular weight is 318 g/mol. The van der Waals surface area contributed by atoms with Crippen molar-refractivity contribution >= 4 is 11.7 Å². The number of aliphatic hydroxyl groups excluding tert-OH is 1. The maximum Gasteiger partial charge on any atom is 0.226 e. The molecule has 1 amide bonds. The summed E-state index contributed by atoms with van der Waals surface area (Å²) in [6, 6.07) is 0.223. The first kappa shape index (κ1) is 16.2. The van der Waals surface area contributed by atoms with E-state index in [9.17, 15) is 9.90 Å². The second-order valence-corrected chi connectivity index (χ2v) is 6.74. The number of carbonyl (C=O) groups excluding carboxylic acids is 1. The summed E-state index contributed by atoms with van der Waals surface area (Å²) in [5, 5.41) is 9.63. The topological polar surface area (TPSA) is 69.6 Å². The smallest absolute Gasteiger partial charge is 0.226 e. The highest BCUT2D eigenvalue weighted by molar-refractivity contribution is 5.79. The van der Waals surface area contributed by atoms with Gasteiger partial charge >= 0.3 is 0 Å². The van der Waals surface area contributed by atoms with E-state index in [1.165, 1.54) is 0 Å². The number of carbonyl (C=O) groups is 1. The minimum atomic E-state index is -0.341. The van der Waals surface area contributed by atoms with Crippen LogP contribution in [0.25, 0.3) is 0 Å². The van der Waals surface area contributed by atoms with Crippen molar-refractivity contribution in [2.24, 2.45) is 5.92 Å². The number of amides is 1. The van der Waals surface area contributed by atoms with Crippen LogP contribution in [0.2, 0.25) is 0 Å². The van der Waals surface area contributed by atoms with Gasteiger partial charge in [0.05, 0.1) is 12.3 Å². The van der Waals surface area contributed by atoms with Gasteiger partial charge in [-0.3, -0.25) is 9.78 Å². The average Bonchev–Trinajstić information content (AvgIpc) is 3.02. The van der Waals surface area contributed by atoms with E-state index in [4.69, 9.17) is 0 Å². The monoisotopic (exact) mass is 318 g/mol. The molecule has 3 heterocycles.